The lowest BCUT2D eigenvalue weighted by atomic mass is 10.0. The monoisotopic (exact) mass is 265 g/mol. The van der Waals surface area contributed by atoms with E-state index in [1.54, 1.807) is 18.0 Å². The van der Waals surface area contributed by atoms with E-state index in [2.05, 4.69) is 48.5 Å². The van der Waals surface area contributed by atoms with Crippen LogP contribution in [0.25, 0.3) is 0 Å². The Morgan fingerprint density at radius 2 is 1.26 bits per heavy atom. The minimum Gasteiger partial charge on any atom is -0.458 e. The summed E-state index contributed by atoms with van der Waals surface area (Å²) in [5, 5.41) is 2.11. The van der Waals surface area contributed by atoms with E-state index in [-0.39, 0.29) is 0 Å². The highest BCUT2D eigenvalue weighted by Crippen LogP contribution is 2.39. The van der Waals surface area contributed by atoms with Gasteiger partial charge in [0.15, 0.2) is 5.09 Å². The van der Waals surface area contributed by atoms with Gasteiger partial charge < -0.3 is 4.42 Å². The molecule has 0 bridgehead atoms. The van der Waals surface area contributed by atoms with Crippen LogP contribution >= 0.6 is 11.8 Å². The van der Waals surface area contributed by atoms with Crippen LogP contribution in [0.4, 0.5) is 0 Å². The largest absolute Gasteiger partial charge is 0.458 e. The molecule has 1 nitrogen and oxygen atoms in total. The molecule has 0 N–H and O–H groups in total. The number of rotatable bonds is 4. The van der Waals surface area contributed by atoms with E-state index in [9.17, 15) is 0 Å². The first-order valence-corrected chi connectivity index (χ1v) is 6.94. The van der Waals surface area contributed by atoms with E-state index in [0.29, 0.717) is 0 Å². The average Bonchev–Trinajstić information content (AvgIpc) is 3.00. The van der Waals surface area contributed by atoms with Crippen LogP contribution in [0.1, 0.15) is 11.1 Å². The predicted molar refractivity (Wildman–Crippen MR) is 78.9 cm³/mol. The van der Waals surface area contributed by atoms with E-state index in [1.165, 1.54) is 16.4 Å². The van der Waals surface area contributed by atoms with Gasteiger partial charge in [0, 0.05) is 0 Å². The van der Waals surface area contributed by atoms with Gasteiger partial charge in [0.05, 0.1) is 11.5 Å². The third kappa shape index (κ3) is 2.91. The molecule has 3 aromatic rings. The van der Waals surface area contributed by atoms with Gasteiger partial charge in [0.1, 0.15) is 0 Å². The second kappa shape index (κ2) is 5.81. The minimum absolute atomic E-state index is 0.905. The van der Waals surface area contributed by atoms with Gasteiger partial charge in [-0.3, -0.25) is 0 Å². The van der Waals surface area contributed by atoms with Crippen LogP contribution in [0.3, 0.4) is 0 Å². The summed E-state index contributed by atoms with van der Waals surface area (Å²) in [5.74, 6) is 0. The Kier molecular flexibility index (Phi) is 3.70. The molecule has 0 saturated carbocycles. The van der Waals surface area contributed by atoms with Crippen molar-refractivity contribution in [2.24, 2.45) is 0 Å². The lowest BCUT2D eigenvalue weighted by Gasteiger charge is -2.15. The van der Waals surface area contributed by atoms with Crippen molar-refractivity contribution in [2.75, 3.05) is 0 Å². The van der Waals surface area contributed by atoms with Crippen molar-refractivity contribution in [3.05, 3.63) is 95.4 Å². The van der Waals surface area contributed by atoms with E-state index in [4.69, 9.17) is 4.42 Å². The molecule has 0 fully saturated rings. The van der Waals surface area contributed by atoms with Crippen molar-refractivity contribution in [1.82, 2.24) is 0 Å². The summed E-state index contributed by atoms with van der Waals surface area (Å²) in [4.78, 5) is 0. The molecule has 0 spiro atoms. The van der Waals surface area contributed by atoms with E-state index in [0.717, 1.165) is 5.09 Å². The van der Waals surface area contributed by atoms with Crippen LogP contribution in [0.2, 0.25) is 0 Å². The molecule has 0 aliphatic carbocycles. The highest BCUT2D eigenvalue weighted by Gasteiger charge is 2.17. The van der Waals surface area contributed by atoms with Gasteiger partial charge in [-0.2, -0.15) is 0 Å². The smallest absolute Gasteiger partial charge is 0.161 e. The molecule has 1 radical (unpaired) electrons. The molecule has 1 aromatic heterocycles. The fraction of sp³-hybridized carbons (Fsp3) is 0. The van der Waals surface area contributed by atoms with E-state index in [1.807, 2.05) is 24.3 Å². The normalized spacial score (nSPS) is 10.8. The SMILES string of the molecule is c1ccc([C](Sc2ccco2)c2ccccc2)cc1. The molecule has 0 aliphatic heterocycles. The first kappa shape index (κ1) is 12.1. The quantitative estimate of drug-likeness (QED) is 0.616. The van der Waals surface area contributed by atoms with Crippen molar-refractivity contribution >= 4 is 11.8 Å². The summed E-state index contributed by atoms with van der Waals surface area (Å²) in [6, 6.07) is 24.7. The molecule has 0 saturated heterocycles. The molecule has 3 rings (SSSR count). The molecule has 0 aliphatic rings. The summed E-state index contributed by atoms with van der Waals surface area (Å²) < 4.78 is 5.45. The molecule has 0 atom stereocenters. The third-order valence-corrected chi connectivity index (χ3v) is 3.88. The fourth-order valence-corrected chi connectivity index (χ4v) is 2.85. The lowest BCUT2D eigenvalue weighted by Crippen LogP contribution is -1.97. The lowest BCUT2D eigenvalue weighted by molar-refractivity contribution is 0.475. The minimum atomic E-state index is 0.905. The summed E-state index contributed by atoms with van der Waals surface area (Å²) in [6.07, 6.45) is 1.70. The van der Waals surface area contributed by atoms with Gasteiger partial charge in [-0.25, -0.2) is 0 Å². The van der Waals surface area contributed by atoms with Crippen LogP contribution in [0, 0.1) is 5.25 Å². The van der Waals surface area contributed by atoms with Crippen LogP contribution < -0.4 is 0 Å². The molecule has 93 valence electrons. The van der Waals surface area contributed by atoms with Gasteiger partial charge in [-0.15, -0.1) is 0 Å². The molecule has 1 heterocycles. The Balaban J connectivity index is 1.96. The maximum Gasteiger partial charge on any atom is 0.161 e. The Bertz CT molecular complexity index is 563. The number of hydrogen-bond donors (Lipinski definition) is 0. The van der Waals surface area contributed by atoms with Gasteiger partial charge in [-0.1, -0.05) is 72.4 Å². The zero-order valence-corrected chi connectivity index (χ0v) is 11.1. The Morgan fingerprint density at radius 1 is 0.684 bits per heavy atom. The predicted octanol–water partition coefficient (Wildman–Crippen LogP) is 5.00. The molecule has 2 aromatic carbocycles. The van der Waals surface area contributed by atoms with Crippen molar-refractivity contribution in [2.45, 2.75) is 5.09 Å². The number of hydrogen-bond acceptors (Lipinski definition) is 2. The number of furan rings is 1. The summed E-state index contributed by atoms with van der Waals surface area (Å²) >= 11 is 1.65. The van der Waals surface area contributed by atoms with Gasteiger partial charge >= 0.3 is 0 Å². The van der Waals surface area contributed by atoms with Crippen LogP contribution in [0.5, 0.6) is 0 Å². The first-order chi connectivity index (χ1) is 9.43. The Hall–Kier alpha value is -1.93. The molecule has 0 unspecified atom stereocenters. The van der Waals surface area contributed by atoms with Crippen molar-refractivity contribution in [3.8, 4) is 0 Å². The average molecular weight is 265 g/mol. The van der Waals surface area contributed by atoms with Gasteiger partial charge in [0.25, 0.3) is 0 Å². The summed E-state index contributed by atoms with van der Waals surface area (Å²) in [5.41, 5.74) is 2.41. The third-order valence-electron chi connectivity index (χ3n) is 2.77. The molecule has 19 heavy (non-hydrogen) atoms. The molecular formula is C17H13OS. The van der Waals surface area contributed by atoms with Gasteiger partial charge in [-0.05, 0) is 23.3 Å². The van der Waals surface area contributed by atoms with E-state index < -0.39 is 0 Å². The highest BCUT2D eigenvalue weighted by molar-refractivity contribution is 8.02. The second-order valence-electron chi connectivity index (χ2n) is 4.10. The Labute approximate surface area is 117 Å². The second-order valence-corrected chi connectivity index (χ2v) is 5.11. The maximum atomic E-state index is 5.45. The van der Waals surface area contributed by atoms with Gasteiger partial charge in [0.2, 0.25) is 0 Å². The number of thioether (sulfide) groups is 1. The summed E-state index contributed by atoms with van der Waals surface area (Å²) in [6.45, 7) is 0. The van der Waals surface area contributed by atoms with Crippen LogP contribution in [-0.2, 0) is 0 Å². The fourth-order valence-electron chi connectivity index (χ4n) is 1.89. The van der Waals surface area contributed by atoms with Crippen molar-refractivity contribution in [1.29, 1.82) is 0 Å². The highest BCUT2D eigenvalue weighted by atomic mass is 32.2. The van der Waals surface area contributed by atoms with Crippen molar-refractivity contribution in [3.63, 3.8) is 0 Å². The van der Waals surface area contributed by atoms with Crippen LogP contribution in [-0.4, -0.2) is 0 Å². The standard InChI is InChI=1S/C17H13OS/c1-3-8-14(9-4-1)17(15-10-5-2-6-11-15)19-16-12-7-13-18-16/h1-13H. The number of benzene rings is 2. The maximum absolute atomic E-state index is 5.45. The molecule has 0 amide bonds. The van der Waals surface area contributed by atoms with E-state index >= 15 is 0 Å². The topological polar surface area (TPSA) is 13.1 Å². The Morgan fingerprint density at radius 3 is 1.74 bits per heavy atom. The van der Waals surface area contributed by atoms with Crippen molar-refractivity contribution < 1.29 is 4.42 Å². The molecule has 2 heteroatoms. The summed E-state index contributed by atoms with van der Waals surface area (Å²) in [7, 11) is 0. The zero-order chi connectivity index (χ0) is 12.9. The zero-order valence-electron chi connectivity index (χ0n) is 10.3. The van der Waals surface area contributed by atoms with Crippen LogP contribution in [0.15, 0.2) is 88.6 Å². The first-order valence-electron chi connectivity index (χ1n) is 6.12. The molecular weight excluding hydrogens is 252 g/mol.